The summed E-state index contributed by atoms with van der Waals surface area (Å²) in [5, 5.41) is 30.7. The van der Waals surface area contributed by atoms with E-state index in [1.165, 1.54) is 5.56 Å². The lowest BCUT2D eigenvalue weighted by molar-refractivity contribution is -0.148. The lowest BCUT2D eigenvalue weighted by atomic mass is 9.66. The highest BCUT2D eigenvalue weighted by molar-refractivity contribution is 6.40. The second-order valence-corrected chi connectivity index (χ2v) is 6.80. The van der Waals surface area contributed by atoms with Crippen molar-refractivity contribution < 1.29 is 19.9 Å². The van der Waals surface area contributed by atoms with Crippen LogP contribution in [-0.2, 0) is 11.3 Å². The van der Waals surface area contributed by atoms with E-state index in [1.54, 1.807) is 0 Å². The van der Waals surface area contributed by atoms with Gasteiger partial charge in [-0.05, 0) is 37.1 Å². The molecule has 0 bridgehead atoms. The molecule has 1 aromatic rings. The van der Waals surface area contributed by atoms with Crippen molar-refractivity contribution in [2.24, 2.45) is 11.7 Å². The number of benzene rings is 1. The van der Waals surface area contributed by atoms with Crippen molar-refractivity contribution >= 4 is 37.9 Å². The van der Waals surface area contributed by atoms with Gasteiger partial charge in [-0.25, -0.2) is 0 Å². The third kappa shape index (κ3) is 7.06. The summed E-state index contributed by atoms with van der Waals surface area (Å²) >= 11 is 0. The summed E-state index contributed by atoms with van der Waals surface area (Å²) in [5.41, 5.74) is 6.17. The van der Waals surface area contributed by atoms with Crippen LogP contribution in [0, 0.1) is 5.92 Å². The summed E-state index contributed by atoms with van der Waals surface area (Å²) in [7, 11) is -1.34. The monoisotopic (exact) mass is 406 g/mol. The summed E-state index contributed by atoms with van der Waals surface area (Å²) in [6.45, 7) is 0.775. The Bertz CT molecular complexity index is 533. The topological polar surface area (TPSA) is 116 Å². The van der Waals surface area contributed by atoms with Crippen LogP contribution in [0.5, 0.6) is 0 Å². The lowest BCUT2D eigenvalue weighted by Gasteiger charge is -2.45. The number of carbonyl (C=O) groups is 1. The molecule has 148 valence electrons. The maximum atomic E-state index is 11.6. The third-order valence-corrected chi connectivity index (χ3v) is 5.01. The predicted octanol–water partition coefficient (Wildman–Crippen LogP) is 1.82. The van der Waals surface area contributed by atoms with Crippen molar-refractivity contribution in [3.63, 3.8) is 0 Å². The van der Waals surface area contributed by atoms with Crippen LogP contribution in [0.1, 0.15) is 37.7 Å². The quantitative estimate of drug-likeness (QED) is 0.299. The van der Waals surface area contributed by atoms with E-state index in [4.69, 9.17) is 15.8 Å². The molecule has 2 rings (SSSR count). The Hall–Kier alpha value is -0.825. The van der Waals surface area contributed by atoms with E-state index in [0.717, 1.165) is 19.4 Å². The van der Waals surface area contributed by atoms with Crippen LogP contribution in [0.25, 0.3) is 0 Å². The summed E-state index contributed by atoms with van der Waals surface area (Å²) in [5.74, 6) is -0.999. The Balaban J connectivity index is 0.00000312. The normalized spacial score (nSPS) is 20.7. The van der Waals surface area contributed by atoms with Gasteiger partial charge in [-0.2, -0.15) is 0 Å². The first-order valence-electron chi connectivity index (χ1n) is 8.57. The fourth-order valence-electron chi connectivity index (χ4n) is 3.29. The van der Waals surface area contributed by atoms with E-state index in [9.17, 15) is 9.90 Å². The second kappa shape index (κ2) is 11.8. The number of carboxylic acids is 1. The molecule has 0 saturated heterocycles. The van der Waals surface area contributed by atoms with Gasteiger partial charge in [-0.3, -0.25) is 4.79 Å². The SMILES string of the molecule is Cl.Cl.NC(CCCCB(O)O)(C(=O)O)[C@H]1C[C@H](NCc2ccccc2)C1. The van der Waals surface area contributed by atoms with Crippen molar-refractivity contribution in [3.8, 4) is 0 Å². The van der Waals surface area contributed by atoms with Crippen LogP contribution >= 0.6 is 24.8 Å². The van der Waals surface area contributed by atoms with E-state index in [2.05, 4.69) is 17.4 Å². The smallest absolute Gasteiger partial charge is 0.451 e. The minimum Gasteiger partial charge on any atom is -0.480 e. The number of rotatable bonds is 10. The van der Waals surface area contributed by atoms with Gasteiger partial charge in [0.2, 0.25) is 0 Å². The maximum absolute atomic E-state index is 11.6. The Labute approximate surface area is 167 Å². The average Bonchev–Trinajstić information content (AvgIpc) is 2.50. The molecule has 1 unspecified atom stereocenters. The Kier molecular flexibility index (Phi) is 11.4. The number of hydrogen-bond acceptors (Lipinski definition) is 5. The minimum atomic E-state index is -1.34. The van der Waals surface area contributed by atoms with Crippen molar-refractivity contribution in [1.29, 1.82) is 0 Å². The van der Waals surface area contributed by atoms with Crippen LogP contribution in [-0.4, -0.2) is 39.8 Å². The van der Waals surface area contributed by atoms with E-state index in [-0.39, 0.29) is 37.1 Å². The van der Waals surface area contributed by atoms with Crippen molar-refractivity contribution in [2.75, 3.05) is 0 Å². The van der Waals surface area contributed by atoms with Crippen LogP contribution in [0.4, 0.5) is 0 Å². The number of carboxylic acid groups (broad SMARTS) is 1. The Morgan fingerprint density at radius 3 is 2.35 bits per heavy atom. The molecule has 0 radical (unpaired) electrons. The molecule has 26 heavy (non-hydrogen) atoms. The van der Waals surface area contributed by atoms with Gasteiger partial charge in [-0.1, -0.05) is 43.2 Å². The number of nitrogens with two attached hydrogens (primary N) is 1. The van der Waals surface area contributed by atoms with E-state index >= 15 is 0 Å². The molecule has 1 aliphatic rings. The van der Waals surface area contributed by atoms with E-state index in [0.29, 0.717) is 25.3 Å². The average molecular weight is 407 g/mol. The van der Waals surface area contributed by atoms with Gasteiger partial charge in [0.05, 0.1) is 0 Å². The van der Waals surface area contributed by atoms with E-state index in [1.807, 2.05) is 18.2 Å². The van der Waals surface area contributed by atoms with Gasteiger partial charge in [0, 0.05) is 12.6 Å². The molecule has 0 aromatic heterocycles. The molecule has 6 nitrogen and oxygen atoms in total. The van der Waals surface area contributed by atoms with Crippen LogP contribution in [0.15, 0.2) is 30.3 Å². The summed E-state index contributed by atoms with van der Waals surface area (Å²) in [6, 6.07) is 10.4. The van der Waals surface area contributed by atoms with Crippen LogP contribution in [0.3, 0.4) is 0 Å². The van der Waals surface area contributed by atoms with Crippen LogP contribution in [0.2, 0.25) is 6.32 Å². The van der Waals surface area contributed by atoms with Crippen molar-refractivity contribution in [2.45, 2.75) is 56.5 Å². The molecule has 1 saturated carbocycles. The van der Waals surface area contributed by atoms with Crippen molar-refractivity contribution in [1.82, 2.24) is 5.32 Å². The highest BCUT2D eigenvalue weighted by Crippen LogP contribution is 2.38. The molecule has 1 fully saturated rings. The van der Waals surface area contributed by atoms with Gasteiger partial charge in [0.1, 0.15) is 5.54 Å². The van der Waals surface area contributed by atoms with Crippen LogP contribution < -0.4 is 11.1 Å². The molecule has 0 amide bonds. The molecule has 1 aromatic carbocycles. The molecule has 6 N–H and O–H groups in total. The molecule has 9 heteroatoms. The summed E-state index contributed by atoms with van der Waals surface area (Å²) in [4.78, 5) is 11.6. The third-order valence-electron chi connectivity index (χ3n) is 5.01. The first-order chi connectivity index (χ1) is 11.4. The fourth-order valence-corrected chi connectivity index (χ4v) is 3.29. The van der Waals surface area contributed by atoms with Gasteiger partial charge >= 0.3 is 13.1 Å². The molecule has 0 aliphatic heterocycles. The number of nitrogens with one attached hydrogen (secondary N) is 1. The first-order valence-corrected chi connectivity index (χ1v) is 8.57. The van der Waals surface area contributed by atoms with Gasteiger partial charge < -0.3 is 26.2 Å². The molecule has 1 atom stereocenters. The molecular formula is C17H29BCl2N2O4. The zero-order valence-corrected chi connectivity index (χ0v) is 16.3. The van der Waals surface area contributed by atoms with Gasteiger partial charge in [0.15, 0.2) is 0 Å². The number of aliphatic carboxylic acids is 1. The summed E-state index contributed by atoms with van der Waals surface area (Å²) in [6.07, 6.45) is 3.29. The maximum Gasteiger partial charge on any atom is 0.451 e. The second-order valence-electron chi connectivity index (χ2n) is 6.80. The standard InChI is InChI=1S/C17H27BN2O4.2ClH/c19-17(16(21)22,8-4-5-9-18(23)24)14-10-15(11-14)20-12-13-6-2-1-3-7-13;;/h1-3,6-7,14-15,20,23-24H,4-5,8-12,19H2,(H,21,22);2*1H/t14-,15-,17?;;. The highest BCUT2D eigenvalue weighted by atomic mass is 35.5. The Morgan fingerprint density at radius 1 is 1.19 bits per heavy atom. The number of hydrogen-bond donors (Lipinski definition) is 5. The predicted molar refractivity (Wildman–Crippen MR) is 108 cm³/mol. The summed E-state index contributed by atoms with van der Waals surface area (Å²) < 4.78 is 0. The number of halogens is 2. The molecule has 0 spiro atoms. The minimum absolute atomic E-state index is 0. The Morgan fingerprint density at radius 2 is 1.81 bits per heavy atom. The zero-order valence-electron chi connectivity index (χ0n) is 14.7. The number of unbranched alkanes of at least 4 members (excludes halogenated alkanes) is 1. The molecular weight excluding hydrogens is 378 g/mol. The van der Waals surface area contributed by atoms with Crippen molar-refractivity contribution in [3.05, 3.63) is 35.9 Å². The lowest BCUT2D eigenvalue weighted by Crippen LogP contribution is -2.61. The van der Waals surface area contributed by atoms with Gasteiger partial charge in [0.25, 0.3) is 0 Å². The molecule has 1 aliphatic carbocycles. The first kappa shape index (κ1) is 25.2. The fraction of sp³-hybridized carbons (Fsp3) is 0.588. The zero-order chi connectivity index (χ0) is 17.6. The highest BCUT2D eigenvalue weighted by Gasteiger charge is 2.47. The largest absolute Gasteiger partial charge is 0.480 e. The van der Waals surface area contributed by atoms with E-state index < -0.39 is 18.6 Å². The molecule has 0 heterocycles. The van der Waals surface area contributed by atoms with Gasteiger partial charge in [-0.15, -0.1) is 24.8 Å².